The van der Waals surface area contributed by atoms with Gasteiger partial charge in [0.2, 0.25) is 0 Å². The number of hydrogen-bond donors (Lipinski definition) is 4. The van der Waals surface area contributed by atoms with Gasteiger partial charge >= 0.3 is 11.9 Å². The van der Waals surface area contributed by atoms with Crippen LogP contribution < -0.4 is 0 Å². The Morgan fingerprint density at radius 1 is 1.12 bits per heavy atom. The van der Waals surface area contributed by atoms with Crippen LogP contribution in [-0.2, 0) is 6.42 Å². The maximum atomic E-state index is 10.9. The van der Waals surface area contributed by atoms with E-state index >= 15 is 0 Å². The normalized spacial score (nSPS) is 10.5. The third-order valence-corrected chi connectivity index (χ3v) is 2.25. The number of aliphatic hydroxyl groups is 2. The summed E-state index contributed by atoms with van der Waals surface area (Å²) in [5.74, 6) is -2.34. The lowest BCUT2D eigenvalue weighted by Gasteiger charge is -2.08. The lowest BCUT2D eigenvalue weighted by molar-refractivity contribution is -0.0447. The summed E-state index contributed by atoms with van der Waals surface area (Å²) in [5.41, 5.74) is 0.207. The Bertz CT molecular complexity index is 438. The van der Waals surface area contributed by atoms with Gasteiger partial charge in [-0.3, -0.25) is 0 Å². The molecule has 0 atom stereocenters. The average Bonchev–Trinajstić information content (AvgIpc) is 2.25. The molecule has 1 rings (SSSR count). The number of rotatable bonds is 5. The molecule has 0 unspecified atom stereocenters. The quantitative estimate of drug-likeness (QED) is 0.551. The van der Waals surface area contributed by atoms with E-state index < -0.39 is 18.2 Å². The molecule has 1 aromatic carbocycles. The fourth-order valence-electron chi connectivity index (χ4n) is 1.43. The van der Waals surface area contributed by atoms with Crippen molar-refractivity contribution in [1.29, 1.82) is 0 Å². The topological polar surface area (TPSA) is 115 Å². The van der Waals surface area contributed by atoms with Crippen LogP contribution in [0.15, 0.2) is 18.2 Å². The van der Waals surface area contributed by atoms with Gasteiger partial charge in [-0.05, 0) is 30.2 Å². The summed E-state index contributed by atoms with van der Waals surface area (Å²) >= 11 is 0. The summed E-state index contributed by atoms with van der Waals surface area (Å²) in [6.45, 7) is 0. The van der Waals surface area contributed by atoms with Crippen LogP contribution in [0.5, 0.6) is 0 Å². The number of carboxylic acids is 2. The third kappa shape index (κ3) is 3.54. The van der Waals surface area contributed by atoms with Crippen LogP contribution >= 0.6 is 0 Å². The Morgan fingerprint density at radius 2 is 1.76 bits per heavy atom. The van der Waals surface area contributed by atoms with Gasteiger partial charge in [-0.2, -0.15) is 0 Å². The Morgan fingerprint density at radius 3 is 2.24 bits per heavy atom. The number of aliphatic hydroxyl groups excluding tert-OH is 1. The fourth-order valence-corrected chi connectivity index (χ4v) is 1.43. The molecule has 0 aliphatic rings. The smallest absolute Gasteiger partial charge is 0.335 e. The number of aromatic carboxylic acids is 2. The lowest BCUT2D eigenvalue weighted by atomic mass is 10.00. The van der Waals surface area contributed by atoms with Crippen LogP contribution in [0.2, 0.25) is 0 Å². The van der Waals surface area contributed by atoms with Crippen LogP contribution in [0.1, 0.15) is 32.7 Å². The van der Waals surface area contributed by atoms with Gasteiger partial charge in [0, 0.05) is 6.42 Å². The molecule has 0 amide bonds. The van der Waals surface area contributed by atoms with E-state index in [-0.39, 0.29) is 29.5 Å². The molecular formula is C11H12O6. The van der Waals surface area contributed by atoms with E-state index in [1.54, 1.807) is 0 Å². The number of hydrogen-bond acceptors (Lipinski definition) is 4. The number of carboxylic acid groups (broad SMARTS) is 2. The number of benzene rings is 1. The van der Waals surface area contributed by atoms with Gasteiger partial charge in [-0.15, -0.1) is 0 Å². The SMILES string of the molecule is O=C(O)c1ccc(C(=O)O)c(CCC(O)O)c1. The van der Waals surface area contributed by atoms with E-state index in [1.807, 2.05) is 0 Å². The van der Waals surface area contributed by atoms with Crippen molar-refractivity contribution in [2.75, 3.05) is 0 Å². The third-order valence-electron chi connectivity index (χ3n) is 2.25. The molecule has 6 nitrogen and oxygen atoms in total. The van der Waals surface area contributed by atoms with Crippen molar-refractivity contribution in [3.05, 3.63) is 34.9 Å². The van der Waals surface area contributed by atoms with Crippen molar-refractivity contribution >= 4 is 11.9 Å². The van der Waals surface area contributed by atoms with Gasteiger partial charge < -0.3 is 20.4 Å². The van der Waals surface area contributed by atoms with E-state index in [4.69, 9.17) is 20.4 Å². The monoisotopic (exact) mass is 240 g/mol. The molecule has 0 aliphatic heterocycles. The average molecular weight is 240 g/mol. The van der Waals surface area contributed by atoms with Crippen LogP contribution in [0.4, 0.5) is 0 Å². The highest BCUT2D eigenvalue weighted by atomic mass is 16.5. The van der Waals surface area contributed by atoms with E-state index in [0.717, 1.165) is 0 Å². The first kappa shape index (κ1) is 13.1. The molecule has 0 aliphatic carbocycles. The molecular weight excluding hydrogens is 228 g/mol. The maximum absolute atomic E-state index is 10.9. The Kier molecular flexibility index (Phi) is 4.19. The standard InChI is InChI=1S/C11H12O6/c12-9(13)4-2-6-5-7(10(14)15)1-3-8(6)11(16)17/h1,3,5,9,12-13H,2,4H2,(H,14,15)(H,16,17). The van der Waals surface area contributed by atoms with E-state index in [1.165, 1.54) is 18.2 Å². The molecule has 0 saturated heterocycles. The molecule has 0 spiro atoms. The van der Waals surface area contributed by atoms with Crippen molar-refractivity contribution in [2.45, 2.75) is 19.1 Å². The maximum Gasteiger partial charge on any atom is 0.335 e. The Balaban J connectivity index is 3.07. The van der Waals surface area contributed by atoms with Gasteiger partial charge in [0.25, 0.3) is 0 Å². The highest BCUT2D eigenvalue weighted by Crippen LogP contribution is 2.15. The summed E-state index contributed by atoms with van der Waals surface area (Å²) < 4.78 is 0. The summed E-state index contributed by atoms with van der Waals surface area (Å²) in [4.78, 5) is 21.6. The minimum absolute atomic E-state index is 0.0302. The van der Waals surface area contributed by atoms with Crippen molar-refractivity contribution in [3.63, 3.8) is 0 Å². The number of aryl methyl sites for hydroxylation is 1. The zero-order valence-electron chi connectivity index (χ0n) is 8.83. The molecule has 92 valence electrons. The highest BCUT2D eigenvalue weighted by Gasteiger charge is 2.14. The molecule has 0 fully saturated rings. The van der Waals surface area contributed by atoms with Crippen LogP contribution in [0, 0.1) is 0 Å². The van der Waals surface area contributed by atoms with Crippen LogP contribution in [-0.4, -0.2) is 38.7 Å². The second-order valence-corrected chi connectivity index (χ2v) is 3.50. The minimum Gasteiger partial charge on any atom is -0.478 e. The molecule has 0 radical (unpaired) electrons. The zero-order valence-corrected chi connectivity index (χ0v) is 8.83. The summed E-state index contributed by atoms with van der Waals surface area (Å²) in [7, 11) is 0. The van der Waals surface area contributed by atoms with Gasteiger partial charge in [0.15, 0.2) is 6.29 Å². The van der Waals surface area contributed by atoms with Crippen molar-refractivity contribution in [3.8, 4) is 0 Å². The zero-order chi connectivity index (χ0) is 13.0. The predicted molar refractivity (Wildman–Crippen MR) is 56.9 cm³/mol. The largest absolute Gasteiger partial charge is 0.478 e. The minimum atomic E-state index is -1.55. The first-order valence-corrected chi connectivity index (χ1v) is 4.87. The molecule has 0 heterocycles. The lowest BCUT2D eigenvalue weighted by Crippen LogP contribution is -2.10. The Hall–Kier alpha value is -1.92. The first-order valence-electron chi connectivity index (χ1n) is 4.87. The molecule has 4 N–H and O–H groups in total. The van der Waals surface area contributed by atoms with Gasteiger partial charge in [-0.1, -0.05) is 0 Å². The van der Waals surface area contributed by atoms with Crippen molar-refractivity contribution in [2.24, 2.45) is 0 Å². The molecule has 1 aromatic rings. The summed E-state index contributed by atoms with van der Waals surface area (Å²) in [6, 6.07) is 3.63. The predicted octanol–water partition coefficient (Wildman–Crippen LogP) is 0.326. The first-order chi connectivity index (χ1) is 7.91. The van der Waals surface area contributed by atoms with E-state index in [0.29, 0.717) is 0 Å². The molecule has 6 heteroatoms. The second-order valence-electron chi connectivity index (χ2n) is 3.50. The van der Waals surface area contributed by atoms with Gasteiger partial charge in [-0.25, -0.2) is 9.59 Å². The fraction of sp³-hybridized carbons (Fsp3) is 0.273. The van der Waals surface area contributed by atoms with Crippen LogP contribution in [0.3, 0.4) is 0 Å². The van der Waals surface area contributed by atoms with E-state index in [2.05, 4.69) is 0 Å². The van der Waals surface area contributed by atoms with Crippen molar-refractivity contribution in [1.82, 2.24) is 0 Å². The highest BCUT2D eigenvalue weighted by molar-refractivity contribution is 5.93. The second kappa shape index (κ2) is 5.42. The molecule has 17 heavy (non-hydrogen) atoms. The van der Waals surface area contributed by atoms with E-state index in [9.17, 15) is 9.59 Å². The van der Waals surface area contributed by atoms with Gasteiger partial charge in [0.05, 0.1) is 11.1 Å². The summed E-state index contributed by atoms with van der Waals surface area (Å²) in [6.07, 6.45) is -1.52. The molecule has 0 saturated carbocycles. The van der Waals surface area contributed by atoms with Gasteiger partial charge in [0.1, 0.15) is 0 Å². The van der Waals surface area contributed by atoms with Crippen LogP contribution in [0.25, 0.3) is 0 Å². The van der Waals surface area contributed by atoms with Crippen molar-refractivity contribution < 1.29 is 30.0 Å². The number of carbonyl (C=O) groups is 2. The summed E-state index contributed by atoms with van der Waals surface area (Å²) in [5, 5.41) is 35.1. The Labute approximate surface area is 96.8 Å². The molecule has 0 aromatic heterocycles. The molecule has 0 bridgehead atoms.